The van der Waals surface area contributed by atoms with Gasteiger partial charge in [-0.3, -0.25) is 4.79 Å². The number of nitrogens with zero attached hydrogens (tertiary/aromatic N) is 1. The Bertz CT molecular complexity index is 472. The Morgan fingerprint density at radius 1 is 1.14 bits per heavy atom. The van der Waals surface area contributed by atoms with E-state index < -0.39 is 0 Å². The van der Waals surface area contributed by atoms with Gasteiger partial charge in [-0.15, -0.1) is 0 Å². The van der Waals surface area contributed by atoms with Gasteiger partial charge in [-0.25, -0.2) is 0 Å². The van der Waals surface area contributed by atoms with Gasteiger partial charge in [0, 0.05) is 39.1 Å². The smallest absolute Gasteiger partial charge is 0.137 e. The number of ether oxygens (including phenoxy) is 1. The molecule has 22 heavy (non-hydrogen) atoms. The summed E-state index contributed by atoms with van der Waals surface area (Å²) >= 11 is 0. The van der Waals surface area contributed by atoms with Crippen LogP contribution in [-0.4, -0.2) is 44.0 Å². The van der Waals surface area contributed by atoms with E-state index in [0.29, 0.717) is 18.8 Å². The maximum absolute atomic E-state index is 12.5. The van der Waals surface area contributed by atoms with Crippen molar-refractivity contribution in [2.45, 2.75) is 39.0 Å². The predicted molar refractivity (Wildman–Crippen MR) is 90.2 cm³/mol. The average molecular weight is 303 g/mol. The molecule has 1 aromatic carbocycles. The Morgan fingerprint density at radius 2 is 1.82 bits per heavy atom. The predicted octanol–water partition coefficient (Wildman–Crippen LogP) is 3.11. The Labute approximate surface area is 134 Å². The molecule has 0 aliphatic carbocycles. The SMILES string of the molecule is CCN1CCC(=O)C(CCOC)CCc2ccccc2CC1. The number of likely N-dealkylation sites (N-methyl/N-ethyl adjacent to an activating group) is 1. The van der Waals surface area contributed by atoms with Crippen LogP contribution in [0.5, 0.6) is 0 Å². The van der Waals surface area contributed by atoms with Gasteiger partial charge in [0.15, 0.2) is 0 Å². The first-order chi connectivity index (χ1) is 10.7. The number of hydrogen-bond donors (Lipinski definition) is 0. The second-order valence-electron chi connectivity index (χ2n) is 6.19. The van der Waals surface area contributed by atoms with Gasteiger partial charge in [-0.05, 0) is 43.4 Å². The summed E-state index contributed by atoms with van der Waals surface area (Å²) in [6.45, 7) is 5.80. The first-order valence-electron chi connectivity index (χ1n) is 8.55. The lowest BCUT2D eigenvalue weighted by Gasteiger charge is -2.21. The number of fused-ring (bicyclic) bond motifs is 1. The summed E-state index contributed by atoms with van der Waals surface area (Å²) in [5.74, 6) is 0.555. The fourth-order valence-corrected chi connectivity index (χ4v) is 3.28. The van der Waals surface area contributed by atoms with Crippen molar-refractivity contribution in [3.63, 3.8) is 0 Å². The Hall–Kier alpha value is -1.19. The van der Waals surface area contributed by atoms with E-state index in [-0.39, 0.29) is 5.92 Å². The summed E-state index contributed by atoms with van der Waals surface area (Å²) in [5.41, 5.74) is 2.86. The number of carbonyl (C=O) groups excluding carboxylic acids is 1. The second kappa shape index (κ2) is 9.06. The zero-order valence-corrected chi connectivity index (χ0v) is 14.0. The van der Waals surface area contributed by atoms with E-state index in [1.807, 2.05) is 0 Å². The van der Waals surface area contributed by atoms with E-state index >= 15 is 0 Å². The summed E-state index contributed by atoms with van der Waals surface area (Å²) in [7, 11) is 1.71. The van der Waals surface area contributed by atoms with Crippen LogP contribution in [0.25, 0.3) is 0 Å². The van der Waals surface area contributed by atoms with Gasteiger partial charge in [0.1, 0.15) is 5.78 Å². The van der Waals surface area contributed by atoms with Gasteiger partial charge in [0.05, 0.1) is 0 Å². The number of methoxy groups -OCH3 is 1. The standard InChI is InChI=1S/C19H29NO2/c1-3-20-13-10-17-7-5-4-6-16(17)8-9-18(12-15-22-2)19(21)11-14-20/h4-7,18H,3,8-15H2,1-2H3. The van der Waals surface area contributed by atoms with Crippen molar-refractivity contribution in [1.29, 1.82) is 0 Å². The lowest BCUT2D eigenvalue weighted by atomic mass is 9.90. The number of aryl methyl sites for hydroxylation is 1. The highest BCUT2D eigenvalue weighted by molar-refractivity contribution is 5.81. The highest BCUT2D eigenvalue weighted by Gasteiger charge is 2.20. The fraction of sp³-hybridized carbons (Fsp3) is 0.632. The lowest BCUT2D eigenvalue weighted by Crippen LogP contribution is -2.29. The van der Waals surface area contributed by atoms with Crippen LogP contribution in [0.4, 0.5) is 0 Å². The summed E-state index contributed by atoms with van der Waals surface area (Å²) < 4.78 is 5.19. The molecule has 0 saturated heterocycles. The van der Waals surface area contributed by atoms with Crippen LogP contribution in [0.1, 0.15) is 37.3 Å². The van der Waals surface area contributed by atoms with Crippen LogP contribution in [0.3, 0.4) is 0 Å². The summed E-state index contributed by atoms with van der Waals surface area (Å²) in [6.07, 6.45) is 4.57. The molecule has 1 aliphatic rings. The Balaban J connectivity index is 2.15. The van der Waals surface area contributed by atoms with Gasteiger partial charge < -0.3 is 9.64 Å². The molecule has 0 spiro atoms. The molecule has 3 heteroatoms. The van der Waals surface area contributed by atoms with E-state index in [1.165, 1.54) is 11.1 Å². The lowest BCUT2D eigenvalue weighted by molar-refractivity contribution is -0.124. The van der Waals surface area contributed by atoms with Crippen LogP contribution >= 0.6 is 0 Å². The molecule has 122 valence electrons. The van der Waals surface area contributed by atoms with Crippen molar-refractivity contribution in [3.05, 3.63) is 35.4 Å². The van der Waals surface area contributed by atoms with Gasteiger partial charge in [-0.1, -0.05) is 31.2 Å². The molecular formula is C19H29NO2. The number of hydrogen-bond acceptors (Lipinski definition) is 3. The zero-order chi connectivity index (χ0) is 15.8. The summed E-state index contributed by atoms with van der Waals surface area (Å²) in [4.78, 5) is 14.9. The topological polar surface area (TPSA) is 29.5 Å². The normalized spacial score (nSPS) is 21.2. The number of ketones is 1. The Kier molecular flexibility index (Phi) is 7.07. The van der Waals surface area contributed by atoms with E-state index in [9.17, 15) is 4.79 Å². The molecule has 1 aromatic rings. The third kappa shape index (κ3) is 4.92. The van der Waals surface area contributed by atoms with Crippen LogP contribution < -0.4 is 0 Å². The minimum absolute atomic E-state index is 0.143. The van der Waals surface area contributed by atoms with Crippen LogP contribution in [0.15, 0.2) is 24.3 Å². The quantitative estimate of drug-likeness (QED) is 0.856. The molecule has 0 saturated carbocycles. The molecule has 1 heterocycles. The first-order valence-corrected chi connectivity index (χ1v) is 8.55. The van der Waals surface area contributed by atoms with Crippen molar-refractivity contribution >= 4 is 5.78 Å². The maximum atomic E-state index is 12.5. The summed E-state index contributed by atoms with van der Waals surface area (Å²) in [6, 6.07) is 8.71. The average Bonchev–Trinajstić information content (AvgIpc) is 2.57. The zero-order valence-electron chi connectivity index (χ0n) is 14.0. The molecule has 0 fully saturated rings. The van der Waals surface area contributed by atoms with Gasteiger partial charge in [-0.2, -0.15) is 0 Å². The second-order valence-corrected chi connectivity index (χ2v) is 6.19. The monoisotopic (exact) mass is 303 g/mol. The van der Waals surface area contributed by atoms with Crippen molar-refractivity contribution < 1.29 is 9.53 Å². The summed E-state index contributed by atoms with van der Waals surface area (Å²) in [5, 5.41) is 0. The third-order valence-electron chi connectivity index (χ3n) is 4.83. The van der Waals surface area contributed by atoms with Crippen molar-refractivity contribution in [2.75, 3.05) is 33.4 Å². The molecule has 0 radical (unpaired) electrons. The molecule has 0 amide bonds. The largest absolute Gasteiger partial charge is 0.385 e. The molecule has 1 atom stereocenters. The molecule has 0 bridgehead atoms. The fourth-order valence-electron chi connectivity index (χ4n) is 3.28. The van der Waals surface area contributed by atoms with Crippen molar-refractivity contribution in [1.82, 2.24) is 4.90 Å². The minimum Gasteiger partial charge on any atom is -0.385 e. The molecule has 1 aliphatic heterocycles. The molecular weight excluding hydrogens is 274 g/mol. The number of Topliss-reactive ketones (excluding diaryl/α,β-unsaturated/α-hetero) is 1. The van der Waals surface area contributed by atoms with E-state index in [0.717, 1.165) is 45.3 Å². The van der Waals surface area contributed by atoms with Crippen molar-refractivity contribution in [3.8, 4) is 0 Å². The van der Waals surface area contributed by atoms with Gasteiger partial charge in [0.25, 0.3) is 0 Å². The number of benzene rings is 1. The number of rotatable bonds is 4. The van der Waals surface area contributed by atoms with E-state index in [4.69, 9.17) is 4.74 Å². The van der Waals surface area contributed by atoms with Crippen LogP contribution in [0.2, 0.25) is 0 Å². The van der Waals surface area contributed by atoms with E-state index in [2.05, 4.69) is 36.1 Å². The van der Waals surface area contributed by atoms with Crippen LogP contribution in [0, 0.1) is 5.92 Å². The molecule has 3 nitrogen and oxygen atoms in total. The molecule has 2 rings (SSSR count). The van der Waals surface area contributed by atoms with Gasteiger partial charge >= 0.3 is 0 Å². The maximum Gasteiger partial charge on any atom is 0.137 e. The highest BCUT2D eigenvalue weighted by atomic mass is 16.5. The molecule has 0 aromatic heterocycles. The van der Waals surface area contributed by atoms with Crippen LogP contribution in [-0.2, 0) is 22.4 Å². The number of carbonyl (C=O) groups is 1. The first kappa shape index (κ1) is 17.2. The Morgan fingerprint density at radius 3 is 2.50 bits per heavy atom. The minimum atomic E-state index is 0.143. The molecule has 0 N–H and O–H groups in total. The highest BCUT2D eigenvalue weighted by Crippen LogP contribution is 2.20. The van der Waals surface area contributed by atoms with Crippen molar-refractivity contribution in [2.24, 2.45) is 5.92 Å². The van der Waals surface area contributed by atoms with E-state index in [1.54, 1.807) is 7.11 Å². The molecule has 1 unspecified atom stereocenters. The van der Waals surface area contributed by atoms with Gasteiger partial charge in [0.2, 0.25) is 0 Å². The third-order valence-corrected chi connectivity index (χ3v) is 4.83.